The minimum Gasteiger partial charge on any atom is -0.462 e. The Balaban J connectivity index is 2.06. The molecule has 0 radical (unpaired) electrons. The molecule has 5 nitrogen and oxygen atoms in total. The molecular weight excluding hydrogens is 392 g/mol. The van der Waals surface area contributed by atoms with E-state index in [-0.39, 0.29) is 12.5 Å². The van der Waals surface area contributed by atoms with Crippen LogP contribution in [-0.4, -0.2) is 23.5 Å². The summed E-state index contributed by atoms with van der Waals surface area (Å²) in [5.74, 6) is -0.837. The van der Waals surface area contributed by atoms with Gasteiger partial charge in [-0.2, -0.15) is 0 Å². The number of halogens is 1. The first-order valence-electron chi connectivity index (χ1n) is 7.77. The maximum atomic E-state index is 12.6. The van der Waals surface area contributed by atoms with E-state index < -0.39 is 5.97 Å². The average molecular weight is 407 g/mol. The number of amides is 1. The van der Waals surface area contributed by atoms with Crippen molar-refractivity contribution in [1.82, 2.24) is 4.98 Å². The van der Waals surface area contributed by atoms with Gasteiger partial charge in [0.2, 0.25) is 0 Å². The molecule has 3 aromatic rings. The molecule has 134 valence electrons. The number of hydrogen-bond acceptors (Lipinski definition) is 6. The average Bonchev–Trinajstić information content (AvgIpc) is 3.24. The summed E-state index contributed by atoms with van der Waals surface area (Å²) in [5, 5.41) is 5.50. The van der Waals surface area contributed by atoms with Gasteiger partial charge in [-0.25, -0.2) is 9.78 Å². The monoisotopic (exact) mass is 406 g/mol. The number of carbonyl (C=O) groups excluding carboxylic acids is 2. The molecule has 2 aromatic heterocycles. The second-order valence-electron chi connectivity index (χ2n) is 5.29. The van der Waals surface area contributed by atoms with Gasteiger partial charge in [0.05, 0.1) is 12.1 Å². The molecule has 3 rings (SSSR count). The summed E-state index contributed by atoms with van der Waals surface area (Å²) in [6, 6.07) is 7.20. The number of aryl methyl sites for hydroxylation is 1. The Bertz CT molecular complexity index is 934. The Hall–Kier alpha value is -2.22. The fraction of sp³-hybridized carbons (Fsp3) is 0.167. The van der Waals surface area contributed by atoms with Crippen LogP contribution in [-0.2, 0) is 4.74 Å². The molecule has 0 bridgehead atoms. The van der Waals surface area contributed by atoms with Crippen LogP contribution in [0.2, 0.25) is 5.02 Å². The lowest BCUT2D eigenvalue weighted by atomic mass is 10.0. The van der Waals surface area contributed by atoms with E-state index in [2.05, 4.69) is 10.3 Å². The van der Waals surface area contributed by atoms with Gasteiger partial charge < -0.3 is 10.1 Å². The third-order valence-electron chi connectivity index (χ3n) is 3.59. The summed E-state index contributed by atoms with van der Waals surface area (Å²) >= 11 is 8.63. The van der Waals surface area contributed by atoms with E-state index in [0.29, 0.717) is 21.3 Å². The number of hydrogen-bond donors (Lipinski definition) is 1. The number of nitrogens with zero attached hydrogens (tertiary/aromatic N) is 1. The number of thiophene rings is 1. The first-order valence-corrected chi connectivity index (χ1v) is 9.91. The molecule has 0 atom stereocenters. The fourth-order valence-electron chi connectivity index (χ4n) is 2.49. The van der Waals surface area contributed by atoms with Crippen LogP contribution in [0.3, 0.4) is 0 Å². The molecule has 1 aromatic carbocycles. The second-order valence-corrected chi connectivity index (χ2v) is 7.67. The molecule has 0 fully saturated rings. The SMILES string of the molecule is CCOC(=O)c1c(NC(=O)c2cscn2)sc(C)c1-c1ccc(Cl)cc1. The van der Waals surface area contributed by atoms with E-state index in [1.54, 1.807) is 29.9 Å². The number of benzene rings is 1. The Kier molecular flexibility index (Phi) is 5.70. The number of aromatic nitrogens is 1. The molecule has 1 amide bonds. The number of thiazole rings is 1. The summed E-state index contributed by atoms with van der Waals surface area (Å²) < 4.78 is 5.22. The molecule has 0 spiro atoms. The first-order chi connectivity index (χ1) is 12.5. The van der Waals surface area contributed by atoms with Crippen molar-refractivity contribution in [2.75, 3.05) is 11.9 Å². The highest BCUT2D eigenvalue weighted by Crippen LogP contribution is 2.40. The molecule has 26 heavy (non-hydrogen) atoms. The van der Waals surface area contributed by atoms with Crippen LogP contribution in [0.1, 0.15) is 32.6 Å². The number of esters is 1. The van der Waals surface area contributed by atoms with Gasteiger partial charge in [-0.3, -0.25) is 4.79 Å². The summed E-state index contributed by atoms with van der Waals surface area (Å²) in [5.41, 5.74) is 3.81. The maximum absolute atomic E-state index is 12.6. The lowest BCUT2D eigenvalue weighted by Gasteiger charge is -2.09. The van der Waals surface area contributed by atoms with Gasteiger partial charge in [-0.15, -0.1) is 22.7 Å². The highest BCUT2D eigenvalue weighted by Gasteiger charge is 2.26. The van der Waals surface area contributed by atoms with Gasteiger partial charge in [0.25, 0.3) is 5.91 Å². The maximum Gasteiger partial charge on any atom is 0.341 e. The topological polar surface area (TPSA) is 68.3 Å². The normalized spacial score (nSPS) is 10.6. The standard InChI is InChI=1S/C18H15ClN2O3S2/c1-3-24-18(23)15-14(11-4-6-12(19)7-5-11)10(2)26-17(15)21-16(22)13-8-25-9-20-13/h4-9H,3H2,1-2H3,(H,21,22). The predicted molar refractivity (Wildman–Crippen MR) is 106 cm³/mol. The van der Waals surface area contributed by atoms with Crippen molar-refractivity contribution in [2.45, 2.75) is 13.8 Å². The molecule has 0 saturated carbocycles. The van der Waals surface area contributed by atoms with Crippen LogP contribution in [0, 0.1) is 6.92 Å². The Morgan fingerprint density at radius 2 is 2.00 bits per heavy atom. The predicted octanol–water partition coefficient (Wildman–Crippen LogP) is 5.26. The zero-order chi connectivity index (χ0) is 18.7. The van der Waals surface area contributed by atoms with E-state index in [0.717, 1.165) is 16.0 Å². The molecule has 8 heteroatoms. The van der Waals surface area contributed by atoms with Crippen molar-refractivity contribution >= 4 is 51.2 Å². The van der Waals surface area contributed by atoms with E-state index >= 15 is 0 Å². The number of nitrogens with one attached hydrogen (secondary N) is 1. The van der Waals surface area contributed by atoms with Crippen molar-refractivity contribution < 1.29 is 14.3 Å². The number of carbonyl (C=O) groups is 2. The highest BCUT2D eigenvalue weighted by molar-refractivity contribution is 7.17. The quantitative estimate of drug-likeness (QED) is 0.586. The van der Waals surface area contributed by atoms with Crippen molar-refractivity contribution in [3.05, 3.63) is 56.3 Å². The third-order valence-corrected chi connectivity index (χ3v) is 5.45. The largest absolute Gasteiger partial charge is 0.462 e. The van der Waals surface area contributed by atoms with Crippen LogP contribution in [0.15, 0.2) is 35.2 Å². The van der Waals surface area contributed by atoms with Gasteiger partial charge in [-0.05, 0) is 31.5 Å². The molecule has 0 saturated heterocycles. The van der Waals surface area contributed by atoms with Gasteiger partial charge in [-0.1, -0.05) is 23.7 Å². The summed E-state index contributed by atoms with van der Waals surface area (Å²) in [7, 11) is 0. The van der Waals surface area contributed by atoms with Crippen LogP contribution in [0.4, 0.5) is 5.00 Å². The van der Waals surface area contributed by atoms with Crippen LogP contribution < -0.4 is 5.32 Å². The minimum atomic E-state index is -0.477. The number of rotatable bonds is 5. The molecule has 0 unspecified atom stereocenters. The van der Waals surface area contributed by atoms with E-state index in [1.807, 2.05) is 19.1 Å². The van der Waals surface area contributed by atoms with Gasteiger partial charge in [0, 0.05) is 20.8 Å². The Labute approximate surface area is 163 Å². The lowest BCUT2D eigenvalue weighted by Crippen LogP contribution is -2.15. The molecular formula is C18H15ClN2O3S2. The molecule has 0 aliphatic heterocycles. The second kappa shape index (κ2) is 7.99. The molecule has 2 heterocycles. The number of anilines is 1. The van der Waals surface area contributed by atoms with E-state index in [4.69, 9.17) is 16.3 Å². The fourth-order valence-corrected chi connectivity index (χ4v) is 4.20. The van der Waals surface area contributed by atoms with Gasteiger partial charge >= 0.3 is 5.97 Å². The van der Waals surface area contributed by atoms with Crippen molar-refractivity contribution in [3.8, 4) is 11.1 Å². The number of ether oxygens (including phenoxy) is 1. The minimum absolute atomic E-state index is 0.243. The van der Waals surface area contributed by atoms with Gasteiger partial charge in [0.15, 0.2) is 0 Å². The molecule has 0 aliphatic rings. The van der Waals surface area contributed by atoms with Crippen LogP contribution >= 0.6 is 34.3 Å². The van der Waals surface area contributed by atoms with Gasteiger partial charge in [0.1, 0.15) is 16.3 Å². The smallest absolute Gasteiger partial charge is 0.341 e. The van der Waals surface area contributed by atoms with Crippen molar-refractivity contribution in [2.24, 2.45) is 0 Å². The molecule has 0 aliphatic carbocycles. The summed E-state index contributed by atoms with van der Waals surface area (Å²) in [6.07, 6.45) is 0. The third kappa shape index (κ3) is 3.80. The first kappa shape index (κ1) is 18.6. The molecule has 1 N–H and O–H groups in total. The van der Waals surface area contributed by atoms with Crippen LogP contribution in [0.5, 0.6) is 0 Å². The lowest BCUT2D eigenvalue weighted by molar-refractivity contribution is 0.0529. The zero-order valence-electron chi connectivity index (χ0n) is 14.0. The highest BCUT2D eigenvalue weighted by atomic mass is 35.5. The summed E-state index contributed by atoms with van der Waals surface area (Å²) in [4.78, 5) is 29.9. The van der Waals surface area contributed by atoms with E-state index in [1.165, 1.54) is 22.7 Å². The Morgan fingerprint density at radius 1 is 1.27 bits per heavy atom. The van der Waals surface area contributed by atoms with Crippen molar-refractivity contribution in [3.63, 3.8) is 0 Å². The van der Waals surface area contributed by atoms with Crippen molar-refractivity contribution in [1.29, 1.82) is 0 Å². The van der Waals surface area contributed by atoms with Crippen LogP contribution in [0.25, 0.3) is 11.1 Å². The Morgan fingerprint density at radius 3 is 2.62 bits per heavy atom. The summed E-state index contributed by atoms with van der Waals surface area (Å²) in [6.45, 7) is 3.88. The zero-order valence-corrected chi connectivity index (χ0v) is 16.4. The van der Waals surface area contributed by atoms with E-state index in [9.17, 15) is 9.59 Å².